The van der Waals surface area contributed by atoms with Gasteiger partial charge in [0.2, 0.25) is 5.91 Å². The molecule has 1 atom stereocenters. The SMILES string of the molecule is COc1ccc([C@H]2Cn3nnc(C(=O)N4CCC(C(=O)NC5CCCCCC5)CC4)c3CO2)cc1. The van der Waals surface area contributed by atoms with Crippen molar-refractivity contribution < 1.29 is 19.1 Å². The lowest BCUT2D eigenvalue weighted by atomic mass is 9.94. The number of nitrogens with zero attached hydrogens (tertiary/aromatic N) is 4. The standard InChI is InChI=1S/C26H35N5O4/c1-34-21-10-8-18(9-11-21)23-16-31-22(17-35-23)24(28-29-31)26(33)30-14-12-19(13-15-30)25(32)27-20-6-4-2-3-5-7-20/h8-11,19-20,23H,2-7,12-17H2,1H3,(H,27,32)/t23-/m1/s1. The van der Waals surface area contributed by atoms with Crippen LogP contribution in [0.2, 0.25) is 0 Å². The van der Waals surface area contributed by atoms with Gasteiger partial charge in [-0.2, -0.15) is 0 Å². The van der Waals surface area contributed by atoms with Gasteiger partial charge in [0.1, 0.15) is 11.9 Å². The van der Waals surface area contributed by atoms with Crippen LogP contribution < -0.4 is 10.1 Å². The average molecular weight is 482 g/mol. The number of carbonyl (C=O) groups is 2. The molecule has 1 saturated heterocycles. The molecular formula is C26H35N5O4. The number of amides is 2. The fourth-order valence-corrected chi connectivity index (χ4v) is 5.44. The smallest absolute Gasteiger partial charge is 0.276 e. The van der Waals surface area contributed by atoms with Gasteiger partial charge in [-0.3, -0.25) is 9.59 Å². The molecule has 0 bridgehead atoms. The summed E-state index contributed by atoms with van der Waals surface area (Å²) in [5.41, 5.74) is 2.11. The molecule has 1 aliphatic carbocycles. The monoisotopic (exact) mass is 481 g/mol. The van der Waals surface area contributed by atoms with Gasteiger partial charge in [0.05, 0.1) is 26.0 Å². The molecule has 2 aromatic rings. The second kappa shape index (κ2) is 10.8. The van der Waals surface area contributed by atoms with E-state index >= 15 is 0 Å². The Morgan fingerprint density at radius 3 is 2.43 bits per heavy atom. The Bertz CT molecular complexity index is 1020. The Labute approximate surface area is 206 Å². The predicted molar refractivity (Wildman–Crippen MR) is 129 cm³/mol. The Balaban J connectivity index is 1.15. The van der Waals surface area contributed by atoms with Crippen molar-refractivity contribution in [1.82, 2.24) is 25.2 Å². The van der Waals surface area contributed by atoms with E-state index in [2.05, 4.69) is 15.6 Å². The Hall–Kier alpha value is -2.94. The van der Waals surface area contributed by atoms with Gasteiger partial charge in [-0.25, -0.2) is 4.68 Å². The van der Waals surface area contributed by atoms with E-state index in [9.17, 15) is 9.59 Å². The third kappa shape index (κ3) is 5.34. The van der Waals surface area contributed by atoms with Gasteiger partial charge in [-0.1, -0.05) is 43.0 Å². The van der Waals surface area contributed by atoms with Crippen molar-refractivity contribution >= 4 is 11.8 Å². The Morgan fingerprint density at radius 1 is 1.03 bits per heavy atom. The first kappa shape index (κ1) is 23.8. The molecule has 3 heterocycles. The summed E-state index contributed by atoms with van der Waals surface area (Å²) in [6, 6.07) is 8.09. The summed E-state index contributed by atoms with van der Waals surface area (Å²) in [5.74, 6) is 0.804. The van der Waals surface area contributed by atoms with Crippen molar-refractivity contribution in [2.75, 3.05) is 20.2 Å². The molecule has 0 unspecified atom stereocenters. The van der Waals surface area contributed by atoms with Crippen LogP contribution in [0, 0.1) is 5.92 Å². The molecule has 188 valence electrons. The van der Waals surface area contributed by atoms with Crippen LogP contribution >= 0.6 is 0 Å². The zero-order valence-electron chi connectivity index (χ0n) is 20.4. The van der Waals surface area contributed by atoms with Crippen LogP contribution in [0.5, 0.6) is 5.75 Å². The molecule has 35 heavy (non-hydrogen) atoms. The number of ether oxygens (including phenoxy) is 2. The summed E-state index contributed by atoms with van der Waals surface area (Å²) in [6.07, 6.45) is 8.33. The van der Waals surface area contributed by atoms with Crippen molar-refractivity contribution in [2.24, 2.45) is 5.92 Å². The first-order chi connectivity index (χ1) is 17.1. The largest absolute Gasteiger partial charge is 0.497 e. The number of fused-ring (bicyclic) bond motifs is 1. The lowest BCUT2D eigenvalue weighted by Gasteiger charge is -2.32. The maximum Gasteiger partial charge on any atom is 0.276 e. The van der Waals surface area contributed by atoms with Crippen molar-refractivity contribution in [3.8, 4) is 5.75 Å². The molecule has 1 saturated carbocycles. The van der Waals surface area contributed by atoms with Gasteiger partial charge >= 0.3 is 0 Å². The average Bonchev–Trinajstić information content (AvgIpc) is 3.16. The normalized spacial score (nSPS) is 21.7. The van der Waals surface area contributed by atoms with E-state index in [1.165, 1.54) is 25.7 Å². The van der Waals surface area contributed by atoms with Crippen LogP contribution in [0.4, 0.5) is 0 Å². The molecule has 2 fully saturated rings. The molecule has 1 aromatic heterocycles. The quantitative estimate of drug-likeness (QED) is 0.659. The summed E-state index contributed by atoms with van der Waals surface area (Å²) in [7, 11) is 1.64. The number of aromatic nitrogens is 3. The Kier molecular flexibility index (Phi) is 7.32. The maximum atomic E-state index is 13.2. The van der Waals surface area contributed by atoms with Crippen molar-refractivity contribution in [1.29, 1.82) is 0 Å². The van der Waals surface area contributed by atoms with E-state index < -0.39 is 0 Å². The molecule has 5 rings (SSSR count). The topological polar surface area (TPSA) is 98.6 Å². The fourth-order valence-electron chi connectivity index (χ4n) is 5.44. The lowest BCUT2D eigenvalue weighted by Crippen LogP contribution is -2.45. The first-order valence-electron chi connectivity index (χ1n) is 12.9. The van der Waals surface area contributed by atoms with E-state index in [-0.39, 0.29) is 30.4 Å². The van der Waals surface area contributed by atoms with Gasteiger partial charge < -0.3 is 19.7 Å². The van der Waals surface area contributed by atoms with E-state index in [1.807, 2.05) is 24.3 Å². The number of hydrogen-bond acceptors (Lipinski definition) is 6. The van der Waals surface area contributed by atoms with Crippen molar-refractivity contribution in [2.45, 2.75) is 76.7 Å². The number of piperidine rings is 1. The van der Waals surface area contributed by atoms with Crippen LogP contribution in [0.1, 0.15) is 79.2 Å². The molecular weight excluding hydrogens is 446 g/mol. The third-order valence-electron chi connectivity index (χ3n) is 7.64. The minimum Gasteiger partial charge on any atom is -0.497 e. The summed E-state index contributed by atoms with van der Waals surface area (Å²) >= 11 is 0. The van der Waals surface area contributed by atoms with Gasteiger partial charge in [0.15, 0.2) is 5.69 Å². The number of nitrogens with one attached hydrogen (secondary N) is 1. The molecule has 2 amide bonds. The van der Waals surface area contributed by atoms with E-state index in [0.29, 0.717) is 49.9 Å². The number of rotatable bonds is 5. The number of methoxy groups -OCH3 is 1. The lowest BCUT2D eigenvalue weighted by molar-refractivity contribution is -0.127. The minimum absolute atomic E-state index is 0.0232. The van der Waals surface area contributed by atoms with E-state index in [0.717, 1.165) is 24.2 Å². The predicted octanol–water partition coefficient (Wildman–Crippen LogP) is 3.25. The second-order valence-electron chi connectivity index (χ2n) is 9.90. The van der Waals surface area contributed by atoms with Gasteiger partial charge in [-0.15, -0.1) is 5.10 Å². The molecule has 1 aromatic carbocycles. The summed E-state index contributed by atoms with van der Waals surface area (Å²) < 4.78 is 13.1. The van der Waals surface area contributed by atoms with Crippen LogP contribution in [0.15, 0.2) is 24.3 Å². The van der Waals surface area contributed by atoms with Crippen LogP contribution in [-0.2, 0) is 22.7 Å². The highest BCUT2D eigenvalue weighted by atomic mass is 16.5. The second-order valence-corrected chi connectivity index (χ2v) is 9.90. The number of hydrogen-bond donors (Lipinski definition) is 1. The molecule has 3 aliphatic rings. The van der Waals surface area contributed by atoms with Gasteiger partial charge in [-0.05, 0) is 43.4 Å². The summed E-state index contributed by atoms with van der Waals surface area (Å²) in [4.78, 5) is 27.8. The highest BCUT2D eigenvalue weighted by molar-refractivity contribution is 5.93. The van der Waals surface area contributed by atoms with E-state index in [4.69, 9.17) is 9.47 Å². The summed E-state index contributed by atoms with van der Waals surface area (Å²) in [6.45, 7) is 1.91. The molecule has 9 nitrogen and oxygen atoms in total. The zero-order valence-corrected chi connectivity index (χ0v) is 20.4. The molecule has 0 spiro atoms. The number of likely N-dealkylation sites (tertiary alicyclic amines) is 1. The maximum absolute atomic E-state index is 13.2. The summed E-state index contributed by atoms with van der Waals surface area (Å²) in [5, 5.41) is 11.7. The fraction of sp³-hybridized carbons (Fsp3) is 0.615. The van der Waals surface area contributed by atoms with Crippen LogP contribution in [0.25, 0.3) is 0 Å². The van der Waals surface area contributed by atoms with Gasteiger partial charge in [0.25, 0.3) is 5.91 Å². The van der Waals surface area contributed by atoms with Gasteiger partial charge in [0, 0.05) is 25.0 Å². The number of carbonyl (C=O) groups excluding carboxylic acids is 2. The molecule has 1 N–H and O–H groups in total. The minimum atomic E-state index is -0.152. The van der Waals surface area contributed by atoms with Crippen LogP contribution in [0.3, 0.4) is 0 Å². The highest BCUT2D eigenvalue weighted by Crippen LogP contribution is 2.29. The number of benzene rings is 1. The third-order valence-corrected chi connectivity index (χ3v) is 7.64. The first-order valence-corrected chi connectivity index (χ1v) is 12.9. The highest BCUT2D eigenvalue weighted by Gasteiger charge is 2.33. The molecule has 2 aliphatic heterocycles. The molecule has 9 heteroatoms. The Morgan fingerprint density at radius 2 is 1.74 bits per heavy atom. The van der Waals surface area contributed by atoms with E-state index in [1.54, 1.807) is 16.7 Å². The van der Waals surface area contributed by atoms with Crippen molar-refractivity contribution in [3.63, 3.8) is 0 Å². The van der Waals surface area contributed by atoms with Crippen molar-refractivity contribution in [3.05, 3.63) is 41.2 Å². The van der Waals surface area contributed by atoms with Crippen LogP contribution in [-0.4, -0.2) is 57.9 Å². The zero-order chi connectivity index (χ0) is 24.2. The molecule has 0 radical (unpaired) electrons.